The lowest BCUT2D eigenvalue weighted by molar-refractivity contribution is 0.0518. The fourth-order valence-electron chi connectivity index (χ4n) is 4.01. The predicted molar refractivity (Wildman–Crippen MR) is 80.0 cm³/mol. The molecule has 3 unspecified atom stereocenters. The van der Waals surface area contributed by atoms with Gasteiger partial charge in [0.1, 0.15) is 5.69 Å². The van der Waals surface area contributed by atoms with E-state index >= 15 is 0 Å². The lowest BCUT2D eigenvalue weighted by atomic mass is 9.94. The molecule has 1 aliphatic heterocycles. The highest BCUT2D eigenvalue weighted by molar-refractivity contribution is 5.93. The average Bonchev–Trinajstić information content (AvgIpc) is 3.16. The van der Waals surface area contributed by atoms with Crippen molar-refractivity contribution < 1.29 is 9.90 Å². The van der Waals surface area contributed by atoms with Gasteiger partial charge in [0.05, 0.1) is 11.8 Å². The van der Waals surface area contributed by atoms with Crippen LogP contribution < -0.4 is 0 Å². The van der Waals surface area contributed by atoms with E-state index in [9.17, 15) is 9.90 Å². The number of carbonyl (C=O) groups excluding carboxylic acids is 1. The minimum absolute atomic E-state index is 0.0825. The molecule has 5 nitrogen and oxygen atoms in total. The summed E-state index contributed by atoms with van der Waals surface area (Å²) >= 11 is 0. The van der Waals surface area contributed by atoms with Crippen molar-refractivity contribution in [3.8, 4) is 0 Å². The molecule has 2 heterocycles. The van der Waals surface area contributed by atoms with Gasteiger partial charge in [-0.2, -0.15) is 5.10 Å². The Hall–Kier alpha value is -1.36. The summed E-state index contributed by atoms with van der Waals surface area (Å²) in [7, 11) is 0. The van der Waals surface area contributed by atoms with Crippen LogP contribution in [-0.4, -0.2) is 44.4 Å². The van der Waals surface area contributed by atoms with Crippen LogP contribution in [0.4, 0.5) is 0 Å². The van der Waals surface area contributed by atoms with E-state index in [1.807, 2.05) is 24.8 Å². The van der Waals surface area contributed by atoms with Gasteiger partial charge in [0, 0.05) is 25.0 Å². The Morgan fingerprint density at radius 1 is 1.38 bits per heavy atom. The molecular weight excluding hydrogens is 266 g/mol. The molecule has 1 aliphatic carbocycles. The maximum Gasteiger partial charge on any atom is 0.272 e. The van der Waals surface area contributed by atoms with Crippen molar-refractivity contribution in [2.45, 2.75) is 64.6 Å². The number of rotatable bonds is 3. The largest absolute Gasteiger partial charge is 0.393 e. The van der Waals surface area contributed by atoms with Crippen molar-refractivity contribution in [3.05, 3.63) is 17.5 Å². The van der Waals surface area contributed by atoms with Gasteiger partial charge in [-0.05, 0) is 45.6 Å². The molecule has 1 amide bonds. The van der Waals surface area contributed by atoms with Crippen molar-refractivity contribution in [1.29, 1.82) is 0 Å². The molecule has 0 spiro atoms. The third-order valence-corrected chi connectivity index (χ3v) is 5.01. The number of likely N-dealkylation sites (tertiary alicyclic amines) is 1. The van der Waals surface area contributed by atoms with Gasteiger partial charge in [-0.25, -0.2) is 0 Å². The second kappa shape index (κ2) is 5.79. The minimum Gasteiger partial charge on any atom is -0.393 e. The Labute approximate surface area is 125 Å². The minimum atomic E-state index is -0.235. The quantitative estimate of drug-likeness (QED) is 0.926. The summed E-state index contributed by atoms with van der Waals surface area (Å²) in [6, 6.07) is 2.09. The van der Waals surface area contributed by atoms with Gasteiger partial charge < -0.3 is 10.0 Å². The number of hydrogen-bond donors (Lipinski definition) is 1. The number of nitrogens with zero attached hydrogens (tertiary/aromatic N) is 3. The molecule has 21 heavy (non-hydrogen) atoms. The Morgan fingerprint density at radius 3 is 2.86 bits per heavy atom. The first kappa shape index (κ1) is 14.6. The van der Waals surface area contributed by atoms with Gasteiger partial charge in [0.2, 0.25) is 0 Å². The van der Waals surface area contributed by atoms with Crippen LogP contribution in [0.15, 0.2) is 6.07 Å². The Kier molecular flexibility index (Phi) is 4.02. The Balaban J connectivity index is 1.82. The summed E-state index contributed by atoms with van der Waals surface area (Å²) in [5, 5.41) is 14.5. The number of hydrogen-bond acceptors (Lipinski definition) is 3. The summed E-state index contributed by atoms with van der Waals surface area (Å²) in [5.41, 5.74) is 1.58. The zero-order valence-electron chi connectivity index (χ0n) is 13.0. The number of aryl methyl sites for hydroxylation is 2. The fourth-order valence-corrected chi connectivity index (χ4v) is 4.01. The standard InChI is InChI=1S/C16H25N3O2/c1-3-19-14(10-11(2)17-19)16(21)18-9-5-7-13(18)12-6-4-8-15(12)20/h10,12-13,15,20H,3-9H2,1-2H3. The molecule has 0 aromatic carbocycles. The molecule has 3 rings (SSSR count). The molecular formula is C16H25N3O2. The highest BCUT2D eigenvalue weighted by atomic mass is 16.3. The van der Waals surface area contributed by atoms with Gasteiger partial charge in [-0.15, -0.1) is 0 Å². The second-order valence-electron chi connectivity index (χ2n) is 6.36. The van der Waals surface area contributed by atoms with E-state index < -0.39 is 0 Å². The van der Waals surface area contributed by atoms with Crippen molar-refractivity contribution in [2.24, 2.45) is 5.92 Å². The van der Waals surface area contributed by atoms with E-state index in [4.69, 9.17) is 0 Å². The first-order valence-corrected chi connectivity index (χ1v) is 8.15. The number of amides is 1. The van der Waals surface area contributed by atoms with Gasteiger partial charge in [0.25, 0.3) is 5.91 Å². The zero-order valence-corrected chi connectivity index (χ0v) is 13.0. The third kappa shape index (κ3) is 2.59. The van der Waals surface area contributed by atoms with Crippen molar-refractivity contribution in [1.82, 2.24) is 14.7 Å². The van der Waals surface area contributed by atoms with Crippen LogP contribution in [0.5, 0.6) is 0 Å². The molecule has 1 aromatic rings. The van der Waals surface area contributed by atoms with Gasteiger partial charge in [0.15, 0.2) is 0 Å². The van der Waals surface area contributed by atoms with E-state index in [2.05, 4.69) is 5.10 Å². The van der Waals surface area contributed by atoms with E-state index in [0.717, 1.165) is 44.3 Å². The van der Waals surface area contributed by atoms with Crippen LogP contribution in [0, 0.1) is 12.8 Å². The first-order valence-electron chi connectivity index (χ1n) is 8.15. The maximum atomic E-state index is 12.9. The molecule has 5 heteroatoms. The summed E-state index contributed by atoms with van der Waals surface area (Å²) in [6.07, 6.45) is 4.83. The molecule has 1 N–H and O–H groups in total. The van der Waals surface area contributed by atoms with Crippen molar-refractivity contribution in [3.63, 3.8) is 0 Å². The van der Waals surface area contributed by atoms with Crippen LogP contribution in [0.2, 0.25) is 0 Å². The van der Waals surface area contributed by atoms with E-state index in [-0.39, 0.29) is 24.0 Å². The van der Waals surface area contributed by atoms with Gasteiger partial charge in [-0.1, -0.05) is 6.42 Å². The number of aliphatic hydroxyl groups excluding tert-OH is 1. The number of aliphatic hydroxyl groups is 1. The van der Waals surface area contributed by atoms with Gasteiger partial charge >= 0.3 is 0 Å². The summed E-state index contributed by atoms with van der Waals surface area (Å²) in [4.78, 5) is 14.9. The lowest BCUT2D eigenvalue weighted by Crippen LogP contribution is -2.43. The normalized spacial score (nSPS) is 29.3. The van der Waals surface area contributed by atoms with Crippen LogP contribution in [0.1, 0.15) is 55.2 Å². The molecule has 1 saturated carbocycles. The Morgan fingerprint density at radius 2 is 2.19 bits per heavy atom. The van der Waals surface area contributed by atoms with E-state index in [1.54, 1.807) is 4.68 Å². The van der Waals surface area contributed by atoms with E-state index in [1.165, 1.54) is 0 Å². The monoisotopic (exact) mass is 291 g/mol. The average molecular weight is 291 g/mol. The molecule has 1 saturated heterocycles. The highest BCUT2D eigenvalue weighted by Gasteiger charge is 2.40. The van der Waals surface area contributed by atoms with E-state index in [0.29, 0.717) is 12.2 Å². The van der Waals surface area contributed by atoms with Crippen molar-refractivity contribution >= 4 is 5.91 Å². The Bertz CT molecular complexity index is 526. The highest BCUT2D eigenvalue weighted by Crippen LogP contribution is 2.36. The molecule has 2 fully saturated rings. The van der Waals surface area contributed by atoms with Crippen molar-refractivity contribution in [2.75, 3.05) is 6.54 Å². The summed E-state index contributed by atoms with van der Waals surface area (Å²) in [5.74, 6) is 0.342. The zero-order chi connectivity index (χ0) is 15.0. The first-order chi connectivity index (χ1) is 10.1. The van der Waals surface area contributed by atoms with Crippen LogP contribution in [0.3, 0.4) is 0 Å². The number of carbonyl (C=O) groups is 1. The van der Waals surface area contributed by atoms with Gasteiger partial charge in [-0.3, -0.25) is 9.48 Å². The topological polar surface area (TPSA) is 58.4 Å². The van der Waals surface area contributed by atoms with Crippen LogP contribution in [0.25, 0.3) is 0 Å². The van der Waals surface area contributed by atoms with Crippen LogP contribution >= 0.6 is 0 Å². The molecule has 3 atom stereocenters. The summed E-state index contributed by atoms with van der Waals surface area (Å²) in [6.45, 7) is 5.44. The van der Waals surface area contributed by atoms with Crippen LogP contribution in [-0.2, 0) is 6.54 Å². The predicted octanol–water partition coefficient (Wildman–Crippen LogP) is 1.98. The third-order valence-electron chi connectivity index (χ3n) is 5.01. The SMILES string of the molecule is CCn1nc(C)cc1C(=O)N1CCCC1C1CCCC1O. The molecule has 1 aromatic heterocycles. The molecule has 116 valence electrons. The number of aromatic nitrogens is 2. The second-order valence-corrected chi connectivity index (χ2v) is 6.36. The summed E-state index contributed by atoms with van der Waals surface area (Å²) < 4.78 is 1.79. The lowest BCUT2D eigenvalue weighted by Gasteiger charge is -2.31. The smallest absolute Gasteiger partial charge is 0.272 e. The molecule has 2 aliphatic rings. The molecule has 0 bridgehead atoms. The maximum absolute atomic E-state index is 12.9. The molecule has 0 radical (unpaired) electrons. The fraction of sp³-hybridized carbons (Fsp3) is 0.750.